The fourth-order valence-corrected chi connectivity index (χ4v) is 2.15. The van der Waals surface area contributed by atoms with E-state index in [2.05, 4.69) is 20.9 Å². The maximum absolute atomic E-state index is 12.2. The largest absolute Gasteiger partial charge is 0.338 e. The van der Waals surface area contributed by atoms with Crippen molar-refractivity contribution in [2.45, 2.75) is 13.3 Å². The first-order valence-electron chi connectivity index (χ1n) is 5.34. The molecule has 2 rings (SSSR count). The lowest BCUT2D eigenvalue weighted by Gasteiger charge is -2.06. The van der Waals surface area contributed by atoms with Gasteiger partial charge in [-0.2, -0.15) is 0 Å². The Labute approximate surface area is 109 Å². The molecule has 88 valence electrons. The SMILES string of the molecule is Cc1cccc(C(=O)Cc2nccn2C)c1Br. The van der Waals surface area contributed by atoms with Crippen LogP contribution < -0.4 is 0 Å². The number of carbonyl (C=O) groups excluding carboxylic acids is 1. The molecule has 0 unspecified atom stereocenters. The number of aromatic nitrogens is 2. The lowest BCUT2D eigenvalue weighted by Crippen LogP contribution is -2.09. The minimum Gasteiger partial charge on any atom is -0.338 e. The highest BCUT2D eigenvalue weighted by molar-refractivity contribution is 9.10. The van der Waals surface area contributed by atoms with Gasteiger partial charge in [-0.05, 0) is 28.4 Å². The van der Waals surface area contributed by atoms with E-state index in [1.54, 1.807) is 6.20 Å². The Bertz CT molecular complexity index is 560. The van der Waals surface area contributed by atoms with Crippen molar-refractivity contribution in [3.05, 3.63) is 52.0 Å². The second kappa shape index (κ2) is 4.84. The van der Waals surface area contributed by atoms with E-state index in [1.165, 1.54) is 0 Å². The summed E-state index contributed by atoms with van der Waals surface area (Å²) in [6.07, 6.45) is 3.87. The van der Waals surface area contributed by atoms with Crippen molar-refractivity contribution in [1.29, 1.82) is 0 Å². The van der Waals surface area contributed by atoms with Gasteiger partial charge in [-0.25, -0.2) is 4.98 Å². The first-order valence-corrected chi connectivity index (χ1v) is 6.13. The Balaban J connectivity index is 2.27. The predicted molar refractivity (Wildman–Crippen MR) is 70.1 cm³/mol. The van der Waals surface area contributed by atoms with Crippen molar-refractivity contribution in [3.8, 4) is 0 Å². The topological polar surface area (TPSA) is 34.9 Å². The van der Waals surface area contributed by atoms with E-state index >= 15 is 0 Å². The predicted octanol–water partition coefficient (Wildman–Crippen LogP) is 2.92. The molecule has 0 amide bonds. The third-order valence-electron chi connectivity index (χ3n) is 2.73. The fraction of sp³-hybridized carbons (Fsp3) is 0.231. The summed E-state index contributed by atoms with van der Waals surface area (Å²) in [5, 5.41) is 0. The summed E-state index contributed by atoms with van der Waals surface area (Å²) in [4.78, 5) is 16.3. The first kappa shape index (κ1) is 12.0. The van der Waals surface area contributed by atoms with Gasteiger partial charge in [-0.1, -0.05) is 18.2 Å². The van der Waals surface area contributed by atoms with Gasteiger partial charge in [0.2, 0.25) is 0 Å². The van der Waals surface area contributed by atoms with Crippen LogP contribution in [0.15, 0.2) is 35.1 Å². The molecule has 0 radical (unpaired) electrons. The molecular weight excluding hydrogens is 280 g/mol. The summed E-state index contributed by atoms with van der Waals surface area (Å²) in [5.74, 6) is 0.860. The normalized spacial score (nSPS) is 10.5. The van der Waals surface area contributed by atoms with Crippen molar-refractivity contribution >= 4 is 21.7 Å². The minimum absolute atomic E-state index is 0.0786. The molecule has 0 fully saturated rings. The van der Waals surface area contributed by atoms with Gasteiger partial charge in [-0.3, -0.25) is 4.79 Å². The summed E-state index contributed by atoms with van der Waals surface area (Å²) < 4.78 is 2.74. The van der Waals surface area contributed by atoms with Crippen LogP contribution in [0.3, 0.4) is 0 Å². The van der Waals surface area contributed by atoms with Crippen molar-refractivity contribution in [2.24, 2.45) is 7.05 Å². The fourth-order valence-electron chi connectivity index (χ4n) is 1.67. The van der Waals surface area contributed by atoms with Crippen molar-refractivity contribution in [2.75, 3.05) is 0 Å². The molecule has 17 heavy (non-hydrogen) atoms. The van der Waals surface area contributed by atoms with Gasteiger partial charge in [0, 0.05) is 29.5 Å². The summed E-state index contributed by atoms with van der Waals surface area (Å²) >= 11 is 3.46. The van der Waals surface area contributed by atoms with Gasteiger partial charge in [-0.15, -0.1) is 0 Å². The molecule has 2 aromatic rings. The number of rotatable bonds is 3. The number of hydrogen-bond donors (Lipinski definition) is 0. The number of nitrogens with zero attached hydrogens (tertiary/aromatic N) is 2. The molecule has 0 spiro atoms. The highest BCUT2D eigenvalue weighted by Crippen LogP contribution is 2.22. The molecular formula is C13H13BrN2O. The van der Waals surface area contributed by atoms with Crippen molar-refractivity contribution < 1.29 is 4.79 Å². The van der Waals surface area contributed by atoms with Crippen LogP contribution in [-0.4, -0.2) is 15.3 Å². The average Bonchev–Trinajstić information content (AvgIpc) is 2.68. The number of benzene rings is 1. The van der Waals surface area contributed by atoms with Gasteiger partial charge in [0.05, 0.1) is 6.42 Å². The van der Waals surface area contributed by atoms with Gasteiger partial charge in [0.1, 0.15) is 5.82 Å². The van der Waals surface area contributed by atoms with Crippen LogP contribution in [0.2, 0.25) is 0 Å². The summed E-state index contributed by atoms with van der Waals surface area (Å²) in [6.45, 7) is 1.97. The second-order valence-electron chi connectivity index (χ2n) is 3.99. The maximum atomic E-state index is 12.2. The smallest absolute Gasteiger partial charge is 0.171 e. The molecule has 0 saturated carbocycles. The average molecular weight is 293 g/mol. The van der Waals surface area contributed by atoms with E-state index < -0.39 is 0 Å². The summed E-state index contributed by atoms with van der Waals surface area (Å²) in [6, 6.07) is 5.70. The molecule has 0 bridgehead atoms. The van der Waals surface area contributed by atoms with E-state index in [4.69, 9.17) is 0 Å². The highest BCUT2D eigenvalue weighted by atomic mass is 79.9. The molecule has 1 aromatic carbocycles. The van der Waals surface area contributed by atoms with E-state index in [0.717, 1.165) is 15.9 Å². The van der Waals surface area contributed by atoms with Crippen LogP contribution in [0.4, 0.5) is 0 Å². The number of Topliss-reactive ketones (excluding diaryl/α,β-unsaturated/α-hetero) is 1. The Hall–Kier alpha value is -1.42. The van der Waals surface area contributed by atoms with Crippen LogP contribution in [0, 0.1) is 6.92 Å². The van der Waals surface area contributed by atoms with E-state index in [0.29, 0.717) is 12.0 Å². The Morgan fingerprint density at radius 1 is 1.47 bits per heavy atom. The molecule has 0 aliphatic heterocycles. The van der Waals surface area contributed by atoms with Gasteiger partial charge < -0.3 is 4.57 Å². The second-order valence-corrected chi connectivity index (χ2v) is 4.78. The van der Waals surface area contributed by atoms with Gasteiger partial charge in [0.25, 0.3) is 0 Å². The number of halogens is 1. The van der Waals surface area contributed by atoms with E-state index in [-0.39, 0.29) is 5.78 Å². The van der Waals surface area contributed by atoms with Gasteiger partial charge >= 0.3 is 0 Å². The molecule has 0 aliphatic carbocycles. The Kier molecular flexibility index (Phi) is 3.43. The molecule has 0 atom stereocenters. The quantitative estimate of drug-likeness (QED) is 0.816. The lowest BCUT2D eigenvalue weighted by molar-refractivity contribution is 0.0989. The zero-order valence-electron chi connectivity index (χ0n) is 9.77. The van der Waals surface area contributed by atoms with E-state index in [1.807, 2.05) is 42.9 Å². The molecule has 3 nitrogen and oxygen atoms in total. The molecule has 4 heteroatoms. The van der Waals surface area contributed by atoms with Gasteiger partial charge in [0.15, 0.2) is 5.78 Å². The molecule has 0 N–H and O–H groups in total. The molecule has 1 heterocycles. The number of aryl methyl sites for hydroxylation is 2. The standard InChI is InChI=1S/C13H13BrN2O/c1-9-4-3-5-10(13(9)14)11(17)8-12-15-6-7-16(12)2/h3-7H,8H2,1-2H3. The zero-order valence-corrected chi connectivity index (χ0v) is 11.4. The van der Waals surface area contributed by atoms with Crippen LogP contribution in [-0.2, 0) is 13.5 Å². The van der Waals surface area contributed by atoms with Crippen molar-refractivity contribution in [1.82, 2.24) is 9.55 Å². The number of imidazole rings is 1. The molecule has 0 saturated heterocycles. The number of hydrogen-bond acceptors (Lipinski definition) is 2. The van der Waals surface area contributed by atoms with E-state index in [9.17, 15) is 4.79 Å². The maximum Gasteiger partial charge on any atom is 0.171 e. The third kappa shape index (κ3) is 2.47. The Morgan fingerprint density at radius 2 is 2.24 bits per heavy atom. The summed E-state index contributed by atoms with van der Waals surface area (Å²) in [7, 11) is 1.89. The lowest BCUT2D eigenvalue weighted by atomic mass is 10.1. The van der Waals surface area contributed by atoms with Crippen molar-refractivity contribution in [3.63, 3.8) is 0 Å². The monoisotopic (exact) mass is 292 g/mol. The highest BCUT2D eigenvalue weighted by Gasteiger charge is 2.13. The summed E-state index contributed by atoms with van der Waals surface area (Å²) in [5.41, 5.74) is 1.78. The third-order valence-corrected chi connectivity index (χ3v) is 3.78. The van der Waals surface area contributed by atoms with Crippen LogP contribution in [0.25, 0.3) is 0 Å². The molecule has 0 aliphatic rings. The number of ketones is 1. The Morgan fingerprint density at radius 3 is 2.88 bits per heavy atom. The van der Waals surface area contributed by atoms with Crippen LogP contribution in [0.5, 0.6) is 0 Å². The minimum atomic E-state index is 0.0786. The van der Waals surface area contributed by atoms with Crippen LogP contribution >= 0.6 is 15.9 Å². The molecule has 1 aromatic heterocycles. The zero-order chi connectivity index (χ0) is 12.4. The number of carbonyl (C=O) groups is 1. The first-order chi connectivity index (χ1) is 8.09. The van der Waals surface area contributed by atoms with Crippen LogP contribution in [0.1, 0.15) is 21.7 Å².